The number of guanidine groups is 1. The fourth-order valence-electron chi connectivity index (χ4n) is 1.58. The first-order valence-electron chi connectivity index (χ1n) is 6.07. The number of halogens is 1. The molecule has 110 valence electrons. The van der Waals surface area contributed by atoms with Crippen molar-refractivity contribution in [2.24, 2.45) is 16.5 Å². The van der Waals surface area contributed by atoms with Gasteiger partial charge in [-0.05, 0) is 29.8 Å². The van der Waals surface area contributed by atoms with Crippen LogP contribution in [0.2, 0.25) is 0 Å². The topological polar surface area (TPSA) is 90.7 Å². The predicted octanol–water partition coefficient (Wildman–Crippen LogP) is 2.10. The van der Waals surface area contributed by atoms with E-state index in [4.69, 9.17) is 16.2 Å². The van der Waals surface area contributed by atoms with Crippen LogP contribution >= 0.6 is 12.4 Å². The Hall–Kier alpha value is -2.53. The molecule has 4 N–H and O–H groups in total. The summed E-state index contributed by atoms with van der Waals surface area (Å²) in [6.45, 7) is 0.385. The number of aliphatic imine (C=N–C) groups is 1. The minimum absolute atomic E-state index is 0. The van der Waals surface area contributed by atoms with Crippen LogP contribution in [0.4, 0.5) is 0 Å². The molecule has 2 aromatic rings. The Morgan fingerprint density at radius 1 is 1.00 bits per heavy atom. The van der Waals surface area contributed by atoms with E-state index in [2.05, 4.69) is 4.99 Å². The zero-order valence-corrected chi connectivity index (χ0v) is 12.0. The Kier molecular flexibility index (Phi) is 6.23. The summed E-state index contributed by atoms with van der Waals surface area (Å²) < 4.78 is 5.23. The van der Waals surface area contributed by atoms with E-state index in [0.717, 1.165) is 5.56 Å². The molecule has 0 atom stereocenters. The van der Waals surface area contributed by atoms with Gasteiger partial charge < -0.3 is 16.2 Å². The first kappa shape index (κ1) is 16.5. The molecule has 5 nitrogen and oxygen atoms in total. The molecule has 2 aromatic carbocycles. The number of rotatable bonds is 4. The molecule has 0 unspecified atom stereocenters. The summed E-state index contributed by atoms with van der Waals surface area (Å²) in [7, 11) is 0. The molecular formula is C15H16ClN3O2. The van der Waals surface area contributed by atoms with Crippen molar-refractivity contribution < 1.29 is 9.53 Å². The van der Waals surface area contributed by atoms with E-state index in [9.17, 15) is 4.79 Å². The molecule has 0 aliphatic rings. The molecule has 0 aliphatic carbocycles. The predicted molar refractivity (Wildman–Crippen MR) is 84.6 cm³/mol. The molecule has 6 heteroatoms. The highest BCUT2D eigenvalue weighted by Gasteiger charge is 2.07. The summed E-state index contributed by atoms with van der Waals surface area (Å²) in [4.78, 5) is 15.8. The largest absolute Gasteiger partial charge is 0.423 e. The van der Waals surface area contributed by atoms with E-state index < -0.39 is 5.97 Å². The zero-order chi connectivity index (χ0) is 14.4. The molecule has 0 heterocycles. The van der Waals surface area contributed by atoms with E-state index in [1.807, 2.05) is 6.07 Å². The molecule has 0 fully saturated rings. The van der Waals surface area contributed by atoms with Crippen molar-refractivity contribution in [2.45, 2.75) is 6.54 Å². The van der Waals surface area contributed by atoms with Gasteiger partial charge in [0.05, 0.1) is 12.1 Å². The maximum Gasteiger partial charge on any atom is 0.343 e. The van der Waals surface area contributed by atoms with Gasteiger partial charge in [-0.1, -0.05) is 30.3 Å². The van der Waals surface area contributed by atoms with E-state index in [-0.39, 0.29) is 18.4 Å². The third-order valence-corrected chi connectivity index (χ3v) is 2.59. The van der Waals surface area contributed by atoms with Crippen molar-refractivity contribution in [3.63, 3.8) is 0 Å². The van der Waals surface area contributed by atoms with Gasteiger partial charge in [-0.2, -0.15) is 0 Å². The van der Waals surface area contributed by atoms with Gasteiger partial charge in [0.1, 0.15) is 5.75 Å². The van der Waals surface area contributed by atoms with Crippen molar-refractivity contribution in [2.75, 3.05) is 0 Å². The highest BCUT2D eigenvalue weighted by molar-refractivity contribution is 5.91. The Labute approximate surface area is 129 Å². The molecule has 0 radical (unpaired) electrons. The number of hydrogen-bond donors (Lipinski definition) is 2. The van der Waals surface area contributed by atoms with Crippen LogP contribution in [0, 0.1) is 0 Å². The van der Waals surface area contributed by atoms with Crippen LogP contribution in [-0.2, 0) is 6.54 Å². The van der Waals surface area contributed by atoms with Crippen molar-refractivity contribution in [3.05, 3.63) is 65.7 Å². The minimum Gasteiger partial charge on any atom is -0.423 e. The summed E-state index contributed by atoms with van der Waals surface area (Å²) in [6.07, 6.45) is 0. The second-order valence-electron chi connectivity index (χ2n) is 4.14. The number of nitrogens with zero attached hydrogens (tertiary/aromatic N) is 1. The lowest BCUT2D eigenvalue weighted by atomic mass is 10.1. The Morgan fingerprint density at radius 3 is 2.19 bits per heavy atom. The number of benzene rings is 2. The minimum atomic E-state index is -0.399. The van der Waals surface area contributed by atoms with Gasteiger partial charge in [0.15, 0.2) is 5.96 Å². The van der Waals surface area contributed by atoms with Gasteiger partial charge in [-0.3, -0.25) is 0 Å². The molecule has 0 amide bonds. The number of para-hydroxylation sites is 1. The number of nitrogens with two attached hydrogens (primary N) is 2. The average Bonchev–Trinajstić information content (AvgIpc) is 2.46. The van der Waals surface area contributed by atoms with Gasteiger partial charge in [0.25, 0.3) is 0 Å². The Balaban J connectivity index is 0.00000220. The summed E-state index contributed by atoms with van der Waals surface area (Å²) in [5.41, 5.74) is 11.9. The Morgan fingerprint density at radius 2 is 1.62 bits per heavy atom. The van der Waals surface area contributed by atoms with Crippen molar-refractivity contribution >= 4 is 24.3 Å². The lowest BCUT2D eigenvalue weighted by Gasteiger charge is -2.04. The highest BCUT2D eigenvalue weighted by atomic mass is 35.5. The molecule has 2 rings (SSSR count). The quantitative estimate of drug-likeness (QED) is 0.392. The molecule has 0 spiro atoms. The molecule has 0 aliphatic heterocycles. The fraction of sp³-hybridized carbons (Fsp3) is 0.0667. The maximum absolute atomic E-state index is 11.9. The number of ether oxygens (including phenoxy) is 1. The van der Waals surface area contributed by atoms with Crippen molar-refractivity contribution in [1.82, 2.24) is 0 Å². The van der Waals surface area contributed by atoms with Gasteiger partial charge >= 0.3 is 5.97 Å². The normalized spacial score (nSPS) is 9.33. The third-order valence-electron chi connectivity index (χ3n) is 2.59. The number of carbonyl (C=O) groups excluding carboxylic acids is 1. The van der Waals surface area contributed by atoms with Crippen LogP contribution in [-0.4, -0.2) is 11.9 Å². The van der Waals surface area contributed by atoms with E-state index in [0.29, 0.717) is 17.9 Å². The maximum atomic E-state index is 11.9. The van der Waals surface area contributed by atoms with Crippen LogP contribution in [0.3, 0.4) is 0 Å². The zero-order valence-electron chi connectivity index (χ0n) is 11.2. The van der Waals surface area contributed by atoms with E-state index >= 15 is 0 Å². The van der Waals surface area contributed by atoms with Crippen LogP contribution in [0.25, 0.3) is 0 Å². The van der Waals surface area contributed by atoms with Gasteiger partial charge in [-0.15, -0.1) is 12.4 Å². The summed E-state index contributed by atoms with van der Waals surface area (Å²) >= 11 is 0. The second-order valence-corrected chi connectivity index (χ2v) is 4.14. The lowest BCUT2D eigenvalue weighted by molar-refractivity contribution is 0.0735. The lowest BCUT2D eigenvalue weighted by Crippen LogP contribution is -2.22. The number of hydrogen-bond acceptors (Lipinski definition) is 3. The first-order chi connectivity index (χ1) is 9.65. The standard InChI is InChI=1S/C15H15N3O2.ClH/c16-15(17)18-10-11-6-8-12(9-7-11)14(19)20-13-4-2-1-3-5-13;/h1-9H,10H2,(H4,16,17,18);1H. The van der Waals surface area contributed by atoms with E-state index in [1.165, 1.54) is 0 Å². The first-order valence-corrected chi connectivity index (χ1v) is 6.07. The molecule has 0 saturated carbocycles. The van der Waals surface area contributed by atoms with Crippen LogP contribution in [0.1, 0.15) is 15.9 Å². The molecule has 0 saturated heterocycles. The van der Waals surface area contributed by atoms with Crippen molar-refractivity contribution in [1.29, 1.82) is 0 Å². The van der Waals surface area contributed by atoms with Crippen molar-refractivity contribution in [3.8, 4) is 5.75 Å². The van der Waals surface area contributed by atoms with Crippen LogP contribution in [0.15, 0.2) is 59.6 Å². The fourth-order valence-corrected chi connectivity index (χ4v) is 1.58. The molecule has 21 heavy (non-hydrogen) atoms. The summed E-state index contributed by atoms with van der Waals surface area (Å²) in [6, 6.07) is 15.9. The summed E-state index contributed by atoms with van der Waals surface area (Å²) in [5, 5.41) is 0. The smallest absolute Gasteiger partial charge is 0.343 e. The van der Waals surface area contributed by atoms with Gasteiger partial charge in [0, 0.05) is 0 Å². The van der Waals surface area contributed by atoms with Crippen LogP contribution < -0.4 is 16.2 Å². The van der Waals surface area contributed by atoms with Crippen LogP contribution in [0.5, 0.6) is 5.75 Å². The molecular weight excluding hydrogens is 290 g/mol. The average molecular weight is 306 g/mol. The third kappa shape index (κ3) is 5.16. The number of esters is 1. The highest BCUT2D eigenvalue weighted by Crippen LogP contribution is 2.12. The monoisotopic (exact) mass is 305 g/mol. The second kappa shape index (κ2) is 7.91. The number of carbonyl (C=O) groups is 1. The molecule has 0 bridgehead atoms. The SMILES string of the molecule is Cl.NC(N)=NCc1ccc(C(=O)Oc2ccccc2)cc1. The Bertz CT molecular complexity index is 609. The van der Waals surface area contributed by atoms with Gasteiger partial charge in [0.2, 0.25) is 0 Å². The van der Waals surface area contributed by atoms with Gasteiger partial charge in [-0.25, -0.2) is 9.79 Å². The van der Waals surface area contributed by atoms with E-state index in [1.54, 1.807) is 48.5 Å². The molecule has 0 aromatic heterocycles. The summed E-state index contributed by atoms with van der Waals surface area (Å²) in [5.74, 6) is 0.157.